The van der Waals surface area contributed by atoms with E-state index in [4.69, 9.17) is 0 Å². The molecule has 0 aliphatic carbocycles. The van der Waals surface area contributed by atoms with E-state index in [1.165, 1.54) is 12.1 Å². The van der Waals surface area contributed by atoms with Crippen LogP contribution in [0.4, 0.5) is 8.78 Å². The first-order valence-electron chi connectivity index (χ1n) is 6.78. The summed E-state index contributed by atoms with van der Waals surface area (Å²) in [5, 5.41) is 3.22. The minimum atomic E-state index is -0.337. The summed E-state index contributed by atoms with van der Waals surface area (Å²) in [6.45, 7) is 6.19. The van der Waals surface area contributed by atoms with E-state index in [0.717, 1.165) is 11.1 Å². The van der Waals surface area contributed by atoms with Crippen LogP contribution >= 0.6 is 0 Å². The standard InChI is InChI=1S/C17H19F2N/c1-4-20-17(13-7-6-12(3)15(18)10-13)14-8-5-11(2)9-16(14)19/h5-10,17,20H,4H2,1-3H3. The molecule has 0 spiro atoms. The van der Waals surface area contributed by atoms with Crippen molar-refractivity contribution in [1.29, 1.82) is 0 Å². The predicted molar refractivity (Wildman–Crippen MR) is 77.8 cm³/mol. The number of hydrogen-bond donors (Lipinski definition) is 1. The van der Waals surface area contributed by atoms with Gasteiger partial charge in [-0.3, -0.25) is 0 Å². The second-order valence-corrected chi connectivity index (χ2v) is 5.02. The van der Waals surface area contributed by atoms with E-state index in [-0.39, 0.29) is 17.7 Å². The van der Waals surface area contributed by atoms with Gasteiger partial charge in [0.2, 0.25) is 0 Å². The van der Waals surface area contributed by atoms with Crippen molar-refractivity contribution < 1.29 is 8.78 Å². The number of halogens is 2. The Kier molecular flexibility index (Phi) is 4.50. The van der Waals surface area contributed by atoms with Crippen LogP contribution in [-0.2, 0) is 0 Å². The fourth-order valence-electron chi connectivity index (χ4n) is 2.27. The van der Waals surface area contributed by atoms with Crippen molar-refractivity contribution in [3.63, 3.8) is 0 Å². The molecule has 1 nitrogen and oxygen atoms in total. The van der Waals surface area contributed by atoms with Gasteiger partial charge in [-0.2, -0.15) is 0 Å². The van der Waals surface area contributed by atoms with Crippen molar-refractivity contribution in [3.8, 4) is 0 Å². The zero-order chi connectivity index (χ0) is 14.7. The number of aryl methyl sites for hydroxylation is 2. The lowest BCUT2D eigenvalue weighted by molar-refractivity contribution is 0.553. The first-order chi connectivity index (χ1) is 9.52. The molecule has 20 heavy (non-hydrogen) atoms. The van der Waals surface area contributed by atoms with E-state index in [9.17, 15) is 8.78 Å². The van der Waals surface area contributed by atoms with Gasteiger partial charge in [0, 0.05) is 5.56 Å². The molecule has 0 aromatic heterocycles. The highest BCUT2D eigenvalue weighted by Crippen LogP contribution is 2.26. The molecule has 0 amide bonds. The van der Waals surface area contributed by atoms with E-state index in [2.05, 4.69) is 5.32 Å². The van der Waals surface area contributed by atoms with Crippen molar-refractivity contribution in [2.24, 2.45) is 0 Å². The molecule has 2 aromatic carbocycles. The average Bonchev–Trinajstić information content (AvgIpc) is 2.40. The molecule has 1 atom stereocenters. The lowest BCUT2D eigenvalue weighted by atomic mass is 9.96. The van der Waals surface area contributed by atoms with Crippen LogP contribution in [0.2, 0.25) is 0 Å². The summed E-state index contributed by atoms with van der Waals surface area (Å²) in [6, 6.07) is 9.83. The van der Waals surface area contributed by atoms with Gasteiger partial charge in [-0.1, -0.05) is 31.2 Å². The Hall–Kier alpha value is -1.74. The van der Waals surface area contributed by atoms with Crippen LogP contribution in [0.15, 0.2) is 36.4 Å². The molecule has 0 radical (unpaired) electrons. The van der Waals surface area contributed by atoms with Crippen LogP contribution in [0.3, 0.4) is 0 Å². The molecule has 2 aromatic rings. The van der Waals surface area contributed by atoms with Gasteiger partial charge in [-0.25, -0.2) is 8.78 Å². The van der Waals surface area contributed by atoms with Gasteiger partial charge in [-0.05, 0) is 49.2 Å². The molecule has 0 aliphatic rings. The van der Waals surface area contributed by atoms with Crippen molar-refractivity contribution in [3.05, 3.63) is 70.3 Å². The zero-order valence-corrected chi connectivity index (χ0v) is 12.0. The van der Waals surface area contributed by atoms with Crippen LogP contribution in [-0.4, -0.2) is 6.54 Å². The molecular formula is C17H19F2N. The molecule has 0 heterocycles. The number of nitrogens with one attached hydrogen (secondary N) is 1. The quantitative estimate of drug-likeness (QED) is 0.878. The topological polar surface area (TPSA) is 12.0 Å². The second kappa shape index (κ2) is 6.14. The third kappa shape index (κ3) is 3.05. The number of hydrogen-bond acceptors (Lipinski definition) is 1. The third-order valence-corrected chi connectivity index (χ3v) is 3.40. The van der Waals surface area contributed by atoms with Gasteiger partial charge in [-0.15, -0.1) is 0 Å². The lowest BCUT2D eigenvalue weighted by Crippen LogP contribution is -2.23. The van der Waals surface area contributed by atoms with Crippen LogP contribution in [0, 0.1) is 25.5 Å². The van der Waals surface area contributed by atoms with Crippen molar-refractivity contribution in [1.82, 2.24) is 5.32 Å². The van der Waals surface area contributed by atoms with Crippen LogP contribution in [0.1, 0.15) is 35.2 Å². The Bertz CT molecular complexity index is 608. The molecule has 0 saturated heterocycles. The van der Waals surface area contributed by atoms with E-state index < -0.39 is 0 Å². The maximum atomic E-state index is 14.2. The minimum absolute atomic E-state index is 0.266. The van der Waals surface area contributed by atoms with Gasteiger partial charge in [0.15, 0.2) is 0 Å². The van der Waals surface area contributed by atoms with Crippen LogP contribution in [0.5, 0.6) is 0 Å². The Labute approximate surface area is 118 Å². The highest BCUT2D eigenvalue weighted by molar-refractivity contribution is 5.36. The fraction of sp³-hybridized carbons (Fsp3) is 0.294. The summed E-state index contributed by atoms with van der Waals surface area (Å²) in [6.07, 6.45) is 0. The number of benzene rings is 2. The fourth-order valence-corrected chi connectivity index (χ4v) is 2.27. The maximum Gasteiger partial charge on any atom is 0.128 e. The van der Waals surface area contributed by atoms with Crippen molar-refractivity contribution in [2.45, 2.75) is 26.8 Å². The van der Waals surface area contributed by atoms with E-state index in [1.54, 1.807) is 19.1 Å². The summed E-state index contributed by atoms with van der Waals surface area (Å²) in [7, 11) is 0. The lowest BCUT2D eigenvalue weighted by Gasteiger charge is -2.20. The van der Waals surface area contributed by atoms with E-state index >= 15 is 0 Å². The molecular weight excluding hydrogens is 256 g/mol. The first kappa shape index (κ1) is 14.7. The maximum absolute atomic E-state index is 14.2. The summed E-state index contributed by atoms with van der Waals surface area (Å²) in [5.41, 5.74) is 2.74. The Morgan fingerprint density at radius 1 is 1.00 bits per heavy atom. The monoisotopic (exact) mass is 275 g/mol. The smallest absolute Gasteiger partial charge is 0.128 e. The predicted octanol–water partition coefficient (Wildman–Crippen LogP) is 4.28. The minimum Gasteiger partial charge on any atom is -0.306 e. The highest BCUT2D eigenvalue weighted by atomic mass is 19.1. The average molecular weight is 275 g/mol. The van der Waals surface area contributed by atoms with E-state index in [0.29, 0.717) is 17.7 Å². The van der Waals surface area contributed by atoms with Crippen molar-refractivity contribution in [2.75, 3.05) is 6.54 Å². The van der Waals surface area contributed by atoms with Crippen molar-refractivity contribution >= 4 is 0 Å². The largest absolute Gasteiger partial charge is 0.306 e. The van der Waals surface area contributed by atoms with Gasteiger partial charge in [0.25, 0.3) is 0 Å². The molecule has 1 N–H and O–H groups in total. The summed E-state index contributed by atoms with van der Waals surface area (Å²) < 4.78 is 27.9. The third-order valence-electron chi connectivity index (χ3n) is 3.40. The summed E-state index contributed by atoms with van der Waals surface area (Å²) in [5.74, 6) is -0.533. The summed E-state index contributed by atoms with van der Waals surface area (Å²) in [4.78, 5) is 0. The molecule has 0 fully saturated rings. The normalized spacial score (nSPS) is 12.4. The molecule has 0 bridgehead atoms. The molecule has 0 aliphatic heterocycles. The first-order valence-corrected chi connectivity index (χ1v) is 6.78. The SMILES string of the molecule is CCNC(c1ccc(C)c(F)c1)c1ccc(C)cc1F. The molecule has 2 rings (SSSR count). The van der Waals surface area contributed by atoms with Crippen LogP contribution < -0.4 is 5.32 Å². The Morgan fingerprint density at radius 2 is 1.75 bits per heavy atom. The van der Waals surface area contributed by atoms with Gasteiger partial charge < -0.3 is 5.32 Å². The molecule has 0 saturated carbocycles. The zero-order valence-electron chi connectivity index (χ0n) is 12.0. The van der Waals surface area contributed by atoms with Gasteiger partial charge in [0.05, 0.1) is 6.04 Å². The van der Waals surface area contributed by atoms with Crippen LogP contribution in [0.25, 0.3) is 0 Å². The molecule has 1 unspecified atom stereocenters. The van der Waals surface area contributed by atoms with E-state index in [1.807, 2.05) is 26.0 Å². The Morgan fingerprint density at radius 3 is 2.35 bits per heavy atom. The Balaban J connectivity index is 2.47. The summed E-state index contributed by atoms with van der Waals surface area (Å²) >= 11 is 0. The second-order valence-electron chi connectivity index (χ2n) is 5.02. The van der Waals surface area contributed by atoms with Gasteiger partial charge >= 0.3 is 0 Å². The van der Waals surface area contributed by atoms with Gasteiger partial charge in [0.1, 0.15) is 11.6 Å². The highest BCUT2D eigenvalue weighted by Gasteiger charge is 2.18. The number of rotatable bonds is 4. The molecule has 3 heteroatoms. The molecule has 106 valence electrons.